The first-order chi connectivity index (χ1) is 10.2. The molecular weight excluding hydrogens is 285 g/mol. The average Bonchev–Trinajstić information content (AvgIpc) is 3.31. The van der Waals surface area contributed by atoms with Crippen molar-refractivity contribution in [3.8, 4) is 0 Å². The summed E-state index contributed by atoms with van der Waals surface area (Å²) in [7, 11) is 0. The molecular formula is C18H19ClFN. The fraction of sp³-hybridized carbons (Fsp3) is 0.333. The topological polar surface area (TPSA) is 12.0 Å². The van der Waals surface area contributed by atoms with Crippen LogP contribution in [0.15, 0.2) is 48.5 Å². The van der Waals surface area contributed by atoms with E-state index in [4.69, 9.17) is 11.6 Å². The van der Waals surface area contributed by atoms with E-state index in [9.17, 15) is 4.39 Å². The van der Waals surface area contributed by atoms with Crippen LogP contribution < -0.4 is 5.32 Å². The monoisotopic (exact) mass is 303 g/mol. The maximum Gasteiger partial charge on any atom is 0.123 e. The van der Waals surface area contributed by atoms with Crippen molar-refractivity contribution in [2.75, 3.05) is 6.54 Å². The quantitative estimate of drug-likeness (QED) is 0.825. The minimum Gasteiger partial charge on any atom is -0.313 e. The summed E-state index contributed by atoms with van der Waals surface area (Å²) in [6.07, 6.45) is 3.40. The molecule has 0 amide bonds. The van der Waals surface area contributed by atoms with Gasteiger partial charge in [0.2, 0.25) is 0 Å². The van der Waals surface area contributed by atoms with E-state index in [1.807, 2.05) is 30.3 Å². The molecule has 1 aliphatic rings. The molecule has 2 aromatic carbocycles. The molecule has 1 fully saturated rings. The van der Waals surface area contributed by atoms with Crippen molar-refractivity contribution in [2.24, 2.45) is 0 Å². The molecule has 0 saturated heterocycles. The second-order valence-electron chi connectivity index (χ2n) is 5.73. The molecule has 0 aromatic heterocycles. The Morgan fingerprint density at radius 2 is 1.81 bits per heavy atom. The van der Waals surface area contributed by atoms with Gasteiger partial charge >= 0.3 is 0 Å². The Morgan fingerprint density at radius 1 is 1.10 bits per heavy atom. The van der Waals surface area contributed by atoms with E-state index in [0.29, 0.717) is 12.0 Å². The van der Waals surface area contributed by atoms with E-state index < -0.39 is 0 Å². The third-order valence-corrected chi connectivity index (χ3v) is 4.36. The predicted octanol–water partition coefficient (Wildman–Crippen LogP) is 4.56. The highest BCUT2D eigenvalue weighted by atomic mass is 35.5. The highest BCUT2D eigenvalue weighted by Crippen LogP contribution is 2.27. The maximum atomic E-state index is 13.1. The van der Waals surface area contributed by atoms with Crippen molar-refractivity contribution in [3.05, 3.63) is 70.5 Å². The normalized spacial score (nSPS) is 15.9. The Bertz CT molecular complexity index is 592. The predicted molar refractivity (Wildman–Crippen MR) is 85.3 cm³/mol. The summed E-state index contributed by atoms with van der Waals surface area (Å²) in [5.41, 5.74) is 2.30. The van der Waals surface area contributed by atoms with Crippen LogP contribution in [0.1, 0.15) is 29.9 Å². The number of halogens is 2. The van der Waals surface area contributed by atoms with Gasteiger partial charge in [-0.15, -0.1) is 0 Å². The van der Waals surface area contributed by atoms with Gasteiger partial charge in [-0.2, -0.15) is 0 Å². The smallest absolute Gasteiger partial charge is 0.123 e. The lowest BCUT2D eigenvalue weighted by Crippen LogP contribution is -2.25. The maximum absolute atomic E-state index is 13.1. The zero-order chi connectivity index (χ0) is 14.7. The van der Waals surface area contributed by atoms with Crippen LogP contribution in [0.5, 0.6) is 0 Å². The van der Waals surface area contributed by atoms with Gasteiger partial charge in [0.15, 0.2) is 0 Å². The SMILES string of the molecule is Fc1ccc(C(CNC2CC2)Cc2ccccc2Cl)cc1. The lowest BCUT2D eigenvalue weighted by atomic mass is 9.91. The fourth-order valence-corrected chi connectivity index (χ4v) is 2.78. The van der Waals surface area contributed by atoms with E-state index in [0.717, 1.165) is 29.1 Å². The van der Waals surface area contributed by atoms with Crippen LogP contribution in [0.25, 0.3) is 0 Å². The molecule has 0 aliphatic heterocycles. The van der Waals surface area contributed by atoms with Crippen LogP contribution >= 0.6 is 11.6 Å². The Balaban J connectivity index is 1.77. The molecule has 3 rings (SSSR count). The standard InChI is InChI=1S/C18H19ClFN/c19-18-4-2-1-3-14(18)11-15(12-21-17-9-10-17)13-5-7-16(20)8-6-13/h1-8,15,17,21H,9-12H2. The zero-order valence-corrected chi connectivity index (χ0v) is 12.6. The highest BCUT2D eigenvalue weighted by molar-refractivity contribution is 6.31. The van der Waals surface area contributed by atoms with Crippen LogP contribution in [0.4, 0.5) is 4.39 Å². The second kappa shape index (κ2) is 6.59. The summed E-state index contributed by atoms with van der Waals surface area (Å²) in [5, 5.41) is 4.37. The van der Waals surface area contributed by atoms with Gasteiger partial charge in [-0.25, -0.2) is 4.39 Å². The minimum atomic E-state index is -0.189. The van der Waals surface area contributed by atoms with E-state index in [2.05, 4.69) is 11.4 Å². The van der Waals surface area contributed by atoms with Gasteiger partial charge in [0.05, 0.1) is 0 Å². The highest BCUT2D eigenvalue weighted by Gasteiger charge is 2.23. The van der Waals surface area contributed by atoms with Crippen molar-refractivity contribution in [3.63, 3.8) is 0 Å². The van der Waals surface area contributed by atoms with E-state index in [1.165, 1.54) is 25.0 Å². The average molecular weight is 304 g/mol. The summed E-state index contributed by atoms with van der Waals surface area (Å²) in [6, 6.07) is 15.4. The number of nitrogens with one attached hydrogen (secondary N) is 1. The van der Waals surface area contributed by atoms with Crippen molar-refractivity contribution in [1.82, 2.24) is 5.32 Å². The zero-order valence-electron chi connectivity index (χ0n) is 11.9. The molecule has 1 nitrogen and oxygen atoms in total. The van der Waals surface area contributed by atoms with E-state index in [1.54, 1.807) is 0 Å². The largest absolute Gasteiger partial charge is 0.313 e. The van der Waals surface area contributed by atoms with E-state index >= 15 is 0 Å². The molecule has 0 bridgehead atoms. The fourth-order valence-electron chi connectivity index (χ4n) is 2.57. The molecule has 0 heterocycles. The third-order valence-electron chi connectivity index (χ3n) is 4.00. The second-order valence-corrected chi connectivity index (χ2v) is 6.13. The van der Waals surface area contributed by atoms with Gasteiger partial charge in [-0.1, -0.05) is 41.9 Å². The van der Waals surface area contributed by atoms with Crippen molar-refractivity contribution in [2.45, 2.75) is 31.2 Å². The Labute approximate surface area is 130 Å². The molecule has 1 saturated carbocycles. The lowest BCUT2D eigenvalue weighted by molar-refractivity contribution is 0.574. The molecule has 1 N–H and O–H groups in total. The number of rotatable bonds is 6. The summed E-state index contributed by atoms with van der Waals surface area (Å²) >= 11 is 6.28. The molecule has 2 aromatic rings. The number of hydrogen-bond acceptors (Lipinski definition) is 1. The molecule has 0 spiro atoms. The Hall–Kier alpha value is -1.38. The summed E-state index contributed by atoms with van der Waals surface area (Å²) < 4.78 is 13.1. The van der Waals surface area contributed by atoms with Gasteiger partial charge in [0.1, 0.15) is 5.82 Å². The summed E-state index contributed by atoms with van der Waals surface area (Å²) in [5.74, 6) is 0.122. The van der Waals surface area contributed by atoms with E-state index in [-0.39, 0.29) is 5.82 Å². The molecule has 110 valence electrons. The first kappa shape index (κ1) is 14.6. The van der Waals surface area contributed by atoms with Gasteiger partial charge in [0, 0.05) is 23.5 Å². The van der Waals surface area contributed by atoms with Crippen LogP contribution in [-0.2, 0) is 6.42 Å². The van der Waals surface area contributed by atoms with Gasteiger partial charge in [-0.05, 0) is 48.6 Å². The Morgan fingerprint density at radius 3 is 2.48 bits per heavy atom. The molecule has 1 atom stereocenters. The van der Waals surface area contributed by atoms with Gasteiger partial charge in [0.25, 0.3) is 0 Å². The van der Waals surface area contributed by atoms with Crippen molar-refractivity contribution >= 4 is 11.6 Å². The van der Waals surface area contributed by atoms with Gasteiger partial charge < -0.3 is 5.32 Å². The Kier molecular flexibility index (Phi) is 4.57. The summed E-state index contributed by atoms with van der Waals surface area (Å²) in [6.45, 7) is 0.904. The van der Waals surface area contributed by atoms with Crippen LogP contribution in [0, 0.1) is 5.82 Å². The molecule has 1 unspecified atom stereocenters. The first-order valence-electron chi connectivity index (χ1n) is 7.44. The van der Waals surface area contributed by atoms with Crippen LogP contribution in [0.3, 0.4) is 0 Å². The summed E-state index contributed by atoms with van der Waals surface area (Å²) in [4.78, 5) is 0. The minimum absolute atomic E-state index is 0.189. The molecule has 21 heavy (non-hydrogen) atoms. The molecule has 0 radical (unpaired) electrons. The number of benzene rings is 2. The molecule has 1 aliphatic carbocycles. The number of hydrogen-bond donors (Lipinski definition) is 1. The molecule has 3 heteroatoms. The van der Waals surface area contributed by atoms with Gasteiger partial charge in [-0.3, -0.25) is 0 Å². The third kappa shape index (κ3) is 4.05. The first-order valence-corrected chi connectivity index (χ1v) is 7.82. The van der Waals surface area contributed by atoms with Crippen LogP contribution in [0.2, 0.25) is 5.02 Å². The van der Waals surface area contributed by atoms with Crippen LogP contribution in [-0.4, -0.2) is 12.6 Å². The lowest BCUT2D eigenvalue weighted by Gasteiger charge is -2.19. The van der Waals surface area contributed by atoms with Crippen molar-refractivity contribution < 1.29 is 4.39 Å². The van der Waals surface area contributed by atoms with Crippen molar-refractivity contribution in [1.29, 1.82) is 0 Å².